The lowest BCUT2D eigenvalue weighted by molar-refractivity contribution is -0.126. The molecule has 114 valence electrons. The highest BCUT2D eigenvalue weighted by Crippen LogP contribution is 2.27. The molecule has 0 N–H and O–H groups in total. The molecular formula is C17H22BrNO2. The van der Waals surface area contributed by atoms with Gasteiger partial charge in [-0.05, 0) is 43.0 Å². The van der Waals surface area contributed by atoms with Gasteiger partial charge in [0.1, 0.15) is 5.75 Å². The van der Waals surface area contributed by atoms with E-state index >= 15 is 0 Å². The van der Waals surface area contributed by atoms with E-state index < -0.39 is 0 Å². The quantitative estimate of drug-likeness (QED) is 0.763. The fraction of sp³-hybridized carbons (Fsp3) is 0.471. The summed E-state index contributed by atoms with van der Waals surface area (Å²) in [6, 6.07) is 6.14. The number of methoxy groups -OCH3 is 1. The van der Waals surface area contributed by atoms with E-state index in [1.807, 2.05) is 29.2 Å². The van der Waals surface area contributed by atoms with Gasteiger partial charge in [0.05, 0.1) is 7.11 Å². The van der Waals surface area contributed by atoms with Crippen LogP contribution < -0.4 is 4.74 Å². The largest absolute Gasteiger partial charge is 0.496 e. The average molecular weight is 352 g/mol. The van der Waals surface area contributed by atoms with Gasteiger partial charge in [0.2, 0.25) is 5.91 Å². The summed E-state index contributed by atoms with van der Waals surface area (Å²) in [6.07, 6.45) is 5.62. The Kier molecular flexibility index (Phi) is 5.45. The predicted molar refractivity (Wildman–Crippen MR) is 89.3 cm³/mol. The van der Waals surface area contributed by atoms with Gasteiger partial charge in [-0.15, -0.1) is 0 Å². The van der Waals surface area contributed by atoms with Crippen LogP contribution in [0, 0.1) is 5.92 Å². The van der Waals surface area contributed by atoms with Crippen LogP contribution in [0.1, 0.15) is 32.3 Å². The van der Waals surface area contributed by atoms with Crippen LogP contribution in [-0.4, -0.2) is 30.5 Å². The van der Waals surface area contributed by atoms with Crippen LogP contribution in [-0.2, 0) is 4.79 Å². The van der Waals surface area contributed by atoms with E-state index in [0.29, 0.717) is 12.0 Å². The highest BCUT2D eigenvalue weighted by atomic mass is 79.9. The van der Waals surface area contributed by atoms with E-state index in [0.717, 1.165) is 35.2 Å². The smallest absolute Gasteiger partial charge is 0.246 e. The Balaban J connectivity index is 2.14. The fourth-order valence-corrected chi connectivity index (χ4v) is 3.28. The van der Waals surface area contributed by atoms with Gasteiger partial charge in [-0.3, -0.25) is 4.79 Å². The number of likely N-dealkylation sites (tertiary alicyclic amines) is 1. The molecule has 0 saturated carbocycles. The highest BCUT2D eigenvalue weighted by Gasteiger charge is 2.30. The summed E-state index contributed by atoms with van der Waals surface area (Å²) in [5.41, 5.74) is 0.903. The first-order valence-electron chi connectivity index (χ1n) is 7.37. The zero-order valence-corrected chi connectivity index (χ0v) is 14.4. The molecule has 0 radical (unpaired) electrons. The molecule has 2 unspecified atom stereocenters. The van der Waals surface area contributed by atoms with Gasteiger partial charge in [0.25, 0.3) is 0 Å². The van der Waals surface area contributed by atoms with Crippen molar-refractivity contribution >= 4 is 27.9 Å². The van der Waals surface area contributed by atoms with Crippen molar-refractivity contribution in [2.24, 2.45) is 5.92 Å². The number of carbonyl (C=O) groups is 1. The molecule has 1 fully saturated rings. The van der Waals surface area contributed by atoms with E-state index in [9.17, 15) is 4.79 Å². The minimum atomic E-state index is 0.0910. The molecule has 1 saturated heterocycles. The topological polar surface area (TPSA) is 29.5 Å². The molecule has 1 aromatic rings. The second-order valence-corrected chi connectivity index (χ2v) is 6.53. The van der Waals surface area contributed by atoms with Crippen molar-refractivity contribution in [1.29, 1.82) is 0 Å². The molecule has 1 aliphatic heterocycles. The van der Waals surface area contributed by atoms with Crippen molar-refractivity contribution in [1.82, 2.24) is 4.90 Å². The van der Waals surface area contributed by atoms with Crippen LogP contribution in [0.2, 0.25) is 0 Å². The van der Waals surface area contributed by atoms with Gasteiger partial charge in [-0.25, -0.2) is 0 Å². The van der Waals surface area contributed by atoms with Crippen molar-refractivity contribution in [2.45, 2.75) is 32.7 Å². The first-order valence-corrected chi connectivity index (χ1v) is 8.16. The SMILES string of the molecule is CCC1CC(C)CN1C(=O)/C=C/c1cc(Br)ccc1OC. The summed E-state index contributed by atoms with van der Waals surface area (Å²) in [7, 11) is 1.64. The number of hydrogen-bond donors (Lipinski definition) is 0. The second-order valence-electron chi connectivity index (χ2n) is 5.61. The summed E-state index contributed by atoms with van der Waals surface area (Å²) in [5.74, 6) is 1.45. The Labute approximate surface area is 135 Å². The maximum absolute atomic E-state index is 12.4. The van der Waals surface area contributed by atoms with Crippen molar-refractivity contribution in [3.8, 4) is 5.75 Å². The van der Waals surface area contributed by atoms with Crippen molar-refractivity contribution in [3.63, 3.8) is 0 Å². The van der Waals surface area contributed by atoms with Crippen LogP contribution in [0.25, 0.3) is 6.08 Å². The van der Waals surface area contributed by atoms with Gasteiger partial charge < -0.3 is 9.64 Å². The lowest BCUT2D eigenvalue weighted by Crippen LogP contribution is -2.33. The van der Waals surface area contributed by atoms with Gasteiger partial charge in [-0.2, -0.15) is 0 Å². The summed E-state index contributed by atoms with van der Waals surface area (Å²) < 4.78 is 6.29. The molecule has 0 aromatic heterocycles. The Hall–Kier alpha value is -1.29. The third-order valence-electron chi connectivity index (χ3n) is 3.98. The number of amides is 1. The van der Waals surface area contributed by atoms with Gasteiger partial charge >= 0.3 is 0 Å². The van der Waals surface area contributed by atoms with E-state index in [2.05, 4.69) is 29.8 Å². The molecule has 2 rings (SSSR count). The molecule has 3 nitrogen and oxygen atoms in total. The molecule has 0 bridgehead atoms. The van der Waals surface area contributed by atoms with E-state index in [1.165, 1.54) is 0 Å². The lowest BCUT2D eigenvalue weighted by atomic mass is 10.1. The van der Waals surface area contributed by atoms with E-state index in [4.69, 9.17) is 4.74 Å². The second kappa shape index (κ2) is 7.12. The van der Waals surface area contributed by atoms with Crippen LogP contribution in [0.15, 0.2) is 28.7 Å². The van der Waals surface area contributed by atoms with Gasteiger partial charge in [0.15, 0.2) is 0 Å². The maximum atomic E-state index is 12.4. The first-order chi connectivity index (χ1) is 10.0. The third kappa shape index (κ3) is 3.88. The Morgan fingerprint density at radius 2 is 2.29 bits per heavy atom. The van der Waals surface area contributed by atoms with Gasteiger partial charge in [-0.1, -0.05) is 29.8 Å². The predicted octanol–water partition coefficient (Wildman–Crippen LogP) is 4.12. The third-order valence-corrected chi connectivity index (χ3v) is 4.47. The first kappa shape index (κ1) is 16.1. The van der Waals surface area contributed by atoms with Crippen LogP contribution in [0.4, 0.5) is 0 Å². The van der Waals surface area contributed by atoms with Crippen molar-refractivity contribution in [2.75, 3.05) is 13.7 Å². The summed E-state index contributed by atoms with van der Waals surface area (Å²) >= 11 is 3.44. The number of ether oxygens (including phenoxy) is 1. The number of hydrogen-bond acceptors (Lipinski definition) is 2. The number of halogens is 1. The molecule has 1 heterocycles. The number of rotatable bonds is 4. The molecule has 1 amide bonds. The molecule has 21 heavy (non-hydrogen) atoms. The molecule has 0 aliphatic carbocycles. The monoisotopic (exact) mass is 351 g/mol. The summed E-state index contributed by atoms with van der Waals surface area (Å²) in [6.45, 7) is 5.21. The van der Waals surface area contributed by atoms with Gasteiger partial charge in [0, 0.05) is 28.7 Å². The average Bonchev–Trinajstić information content (AvgIpc) is 2.86. The maximum Gasteiger partial charge on any atom is 0.246 e. The van der Waals surface area contributed by atoms with Crippen molar-refractivity contribution < 1.29 is 9.53 Å². The minimum Gasteiger partial charge on any atom is -0.496 e. The molecule has 1 aliphatic rings. The standard InChI is InChI=1S/C17H22BrNO2/c1-4-15-9-12(2)11-19(15)17(20)8-5-13-10-14(18)6-7-16(13)21-3/h5-8,10,12,15H,4,9,11H2,1-3H3/b8-5+. The molecule has 0 spiro atoms. The van der Waals surface area contributed by atoms with Crippen LogP contribution in [0.3, 0.4) is 0 Å². The molecular weight excluding hydrogens is 330 g/mol. The molecule has 2 atom stereocenters. The number of nitrogens with zero attached hydrogens (tertiary/aromatic N) is 1. The summed E-state index contributed by atoms with van der Waals surface area (Å²) in [4.78, 5) is 14.4. The number of benzene rings is 1. The fourth-order valence-electron chi connectivity index (χ4n) is 2.90. The van der Waals surface area contributed by atoms with Crippen LogP contribution >= 0.6 is 15.9 Å². The Morgan fingerprint density at radius 1 is 1.52 bits per heavy atom. The van der Waals surface area contributed by atoms with Crippen molar-refractivity contribution in [3.05, 3.63) is 34.3 Å². The molecule has 1 aromatic carbocycles. The highest BCUT2D eigenvalue weighted by molar-refractivity contribution is 9.10. The van der Waals surface area contributed by atoms with E-state index in [1.54, 1.807) is 13.2 Å². The number of carbonyl (C=O) groups excluding carboxylic acids is 1. The Bertz CT molecular complexity index is 542. The zero-order chi connectivity index (χ0) is 15.4. The molecule has 4 heteroatoms. The summed E-state index contributed by atoms with van der Waals surface area (Å²) in [5, 5.41) is 0. The normalized spacial score (nSPS) is 22.0. The Morgan fingerprint density at radius 3 is 2.95 bits per heavy atom. The lowest BCUT2D eigenvalue weighted by Gasteiger charge is -2.22. The zero-order valence-electron chi connectivity index (χ0n) is 12.8. The van der Waals surface area contributed by atoms with E-state index in [-0.39, 0.29) is 5.91 Å². The minimum absolute atomic E-state index is 0.0910. The van der Waals surface area contributed by atoms with Crippen LogP contribution in [0.5, 0.6) is 5.75 Å².